The van der Waals surface area contributed by atoms with Gasteiger partial charge in [-0.2, -0.15) is 5.01 Å². The summed E-state index contributed by atoms with van der Waals surface area (Å²) in [4.78, 5) is 45.8. The quantitative estimate of drug-likeness (QED) is 0.196. The monoisotopic (exact) mass is 568 g/mol. The Morgan fingerprint density at radius 2 is 1.51 bits per heavy atom. The SMILES string of the molecule is O.O=C(Nc1cccc(Nc2nc(-c3cccnc3)cs2)c1)c1ccc(C(=O)NN(C(=O)O)c2ccccc2)cc1. The Hall–Kier alpha value is -5.59. The van der Waals surface area contributed by atoms with Gasteiger partial charge in [0.05, 0.1) is 11.4 Å². The minimum atomic E-state index is -1.34. The minimum Gasteiger partial charge on any atom is -0.463 e. The highest BCUT2D eigenvalue weighted by molar-refractivity contribution is 7.14. The predicted molar refractivity (Wildman–Crippen MR) is 157 cm³/mol. The molecule has 5 rings (SSSR count). The minimum absolute atomic E-state index is 0. The summed E-state index contributed by atoms with van der Waals surface area (Å²) in [6, 6.07) is 25.1. The topological polar surface area (TPSA) is 168 Å². The fourth-order valence-electron chi connectivity index (χ4n) is 3.72. The van der Waals surface area contributed by atoms with Gasteiger partial charge in [0, 0.05) is 45.8 Å². The molecule has 0 saturated carbocycles. The number of anilines is 4. The largest absolute Gasteiger partial charge is 0.463 e. The van der Waals surface area contributed by atoms with Crippen LogP contribution in [-0.4, -0.2) is 38.5 Å². The van der Waals surface area contributed by atoms with Crippen molar-refractivity contribution < 1.29 is 25.0 Å². The molecule has 5 aromatic rings. The van der Waals surface area contributed by atoms with Gasteiger partial charge in [-0.25, -0.2) is 9.78 Å². The van der Waals surface area contributed by atoms with Crippen molar-refractivity contribution in [3.8, 4) is 11.3 Å². The lowest BCUT2D eigenvalue weighted by atomic mass is 10.1. The molecule has 0 spiro atoms. The van der Waals surface area contributed by atoms with E-state index < -0.39 is 12.0 Å². The number of thiazole rings is 1. The Labute approximate surface area is 238 Å². The lowest BCUT2D eigenvalue weighted by molar-refractivity contribution is 0.0943. The normalized spacial score (nSPS) is 10.1. The Morgan fingerprint density at radius 3 is 2.20 bits per heavy atom. The van der Waals surface area contributed by atoms with E-state index in [1.807, 2.05) is 29.6 Å². The molecule has 3 aromatic carbocycles. The van der Waals surface area contributed by atoms with Crippen LogP contribution >= 0.6 is 11.3 Å². The van der Waals surface area contributed by atoms with Crippen molar-refractivity contribution in [1.82, 2.24) is 15.4 Å². The van der Waals surface area contributed by atoms with Gasteiger partial charge in [0.25, 0.3) is 11.8 Å². The summed E-state index contributed by atoms with van der Waals surface area (Å²) in [6.45, 7) is 0. The number of nitrogens with zero attached hydrogens (tertiary/aromatic N) is 3. The average Bonchev–Trinajstić information content (AvgIpc) is 3.45. The van der Waals surface area contributed by atoms with Gasteiger partial charge in [-0.3, -0.25) is 20.0 Å². The van der Waals surface area contributed by atoms with Crippen LogP contribution in [0.25, 0.3) is 11.3 Å². The Bertz CT molecular complexity index is 1650. The van der Waals surface area contributed by atoms with Gasteiger partial charge in [-0.05, 0) is 66.7 Å². The zero-order chi connectivity index (χ0) is 27.9. The maximum atomic E-state index is 12.8. The van der Waals surface area contributed by atoms with Crippen molar-refractivity contribution in [2.45, 2.75) is 0 Å². The van der Waals surface area contributed by atoms with Crippen molar-refractivity contribution in [3.63, 3.8) is 0 Å². The first kappa shape index (κ1) is 28.4. The number of carbonyl (C=O) groups is 3. The van der Waals surface area contributed by atoms with Crippen LogP contribution in [0.5, 0.6) is 0 Å². The van der Waals surface area contributed by atoms with Crippen LogP contribution in [0.1, 0.15) is 20.7 Å². The van der Waals surface area contributed by atoms with Crippen LogP contribution in [-0.2, 0) is 0 Å². The number of rotatable bonds is 7. The smallest absolute Gasteiger partial charge is 0.431 e. The maximum Gasteiger partial charge on any atom is 0.431 e. The average molecular weight is 569 g/mol. The number of nitrogens with one attached hydrogen (secondary N) is 3. The summed E-state index contributed by atoms with van der Waals surface area (Å²) in [6.07, 6.45) is 2.13. The van der Waals surface area contributed by atoms with Crippen LogP contribution < -0.4 is 21.1 Å². The van der Waals surface area contributed by atoms with Crippen molar-refractivity contribution in [2.24, 2.45) is 0 Å². The van der Waals surface area contributed by atoms with Gasteiger partial charge in [0.15, 0.2) is 5.13 Å². The van der Waals surface area contributed by atoms with E-state index in [0.717, 1.165) is 22.0 Å². The number of benzene rings is 3. The molecule has 2 aromatic heterocycles. The Morgan fingerprint density at radius 1 is 0.805 bits per heavy atom. The molecule has 0 radical (unpaired) electrons. The van der Waals surface area contributed by atoms with E-state index in [4.69, 9.17) is 0 Å². The van der Waals surface area contributed by atoms with E-state index in [9.17, 15) is 19.5 Å². The second kappa shape index (κ2) is 13.0. The van der Waals surface area contributed by atoms with Gasteiger partial charge in [-0.15, -0.1) is 11.3 Å². The molecular formula is C29H24N6O5S. The first-order valence-electron chi connectivity index (χ1n) is 12.0. The zero-order valence-corrected chi connectivity index (χ0v) is 22.1. The van der Waals surface area contributed by atoms with Crippen molar-refractivity contribution >= 4 is 51.4 Å². The van der Waals surface area contributed by atoms with Gasteiger partial charge < -0.3 is 21.2 Å². The second-order valence-corrected chi connectivity index (χ2v) is 9.27. The van der Waals surface area contributed by atoms with Gasteiger partial charge in [-0.1, -0.05) is 24.3 Å². The molecule has 3 amide bonds. The van der Waals surface area contributed by atoms with Crippen LogP contribution in [0.4, 0.5) is 27.0 Å². The van der Waals surface area contributed by atoms with E-state index in [0.29, 0.717) is 22.1 Å². The van der Waals surface area contributed by atoms with Crippen LogP contribution in [0, 0.1) is 0 Å². The van der Waals surface area contributed by atoms with Crippen LogP contribution in [0.2, 0.25) is 0 Å². The zero-order valence-electron chi connectivity index (χ0n) is 21.3. The van der Waals surface area contributed by atoms with Gasteiger partial charge in [0.2, 0.25) is 0 Å². The van der Waals surface area contributed by atoms with Crippen LogP contribution in [0.15, 0.2) is 109 Å². The molecular weight excluding hydrogens is 544 g/mol. The summed E-state index contributed by atoms with van der Waals surface area (Å²) in [5.41, 5.74) is 6.23. The summed E-state index contributed by atoms with van der Waals surface area (Å²) in [7, 11) is 0. The van der Waals surface area contributed by atoms with Gasteiger partial charge in [0.1, 0.15) is 0 Å². The third-order valence-electron chi connectivity index (χ3n) is 5.66. The molecule has 12 heteroatoms. The lowest BCUT2D eigenvalue weighted by Crippen LogP contribution is -2.45. The molecule has 11 nitrogen and oxygen atoms in total. The third kappa shape index (κ3) is 7.09. The fourth-order valence-corrected chi connectivity index (χ4v) is 4.46. The number of hydrogen-bond donors (Lipinski definition) is 4. The molecule has 6 N–H and O–H groups in total. The van der Waals surface area contributed by atoms with Gasteiger partial charge >= 0.3 is 6.09 Å². The van der Waals surface area contributed by atoms with E-state index in [-0.39, 0.29) is 16.9 Å². The number of hydrogen-bond acceptors (Lipinski definition) is 7. The van der Waals surface area contributed by atoms with E-state index in [1.165, 1.54) is 35.6 Å². The predicted octanol–water partition coefficient (Wildman–Crippen LogP) is 5.21. The molecule has 206 valence electrons. The molecule has 0 atom stereocenters. The van der Waals surface area contributed by atoms with Crippen molar-refractivity contribution in [2.75, 3.05) is 15.6 Å². The number of carbonyl (C=O) groups excluding carboxylic acids is 2. The molecule has 0 aliphatic carbocycles. The highest BCUT2D eigenvalue weighted by Crippen LogP contribution is 2.27. The number of aromatic nitrogens is 2. The van der Waals surface area contributed by atoms with Crippen molar-refractivity contribution in [3.05, 3.63) is 120 Å². The summed E-state index contributed by atoms with van der Waals surface area (Å²) < 4.78 is 0. The number of hydrazine groups is 1. The standard InChI is InChI=1S/C29H22N6O4S.H2O/c36-26(19-11-13-20(14-12-19)27(37)34-35(29(38)39)24-9-2-1-3-10-24)31-22-7-4-8-23(16-22)32-28-33-25(18-40-28)21-6-5-15-30-17-21;/h1-18H,(H,31,36)(H,32,33)(H,34,37)(H,38,39);1H2. The van der Waals surface area contributed by atoms with Crippen molar-refractivity contribution in [1.29, 1.82) is 0 Å². The Kier molecular flexibility index (Phi) is 8.99. The molecule has 41 heavy (non-hydrogen) atoms. The molecule has 0 aliphatic rings. The lowest BCUT2D eigenvalue weighted by Gasteiger charge is -2.20. The summed E-state index contributed by atoms with van der Waals surface area (Å²) >= 11 is 1.46. The molecule has 0 unspecified atom stereocenters. The molecule has 0 fully saturated rings. The van der Waals surface area contributed by atoms with E-state index >= 15 is 0 Å². The number of amides is 3. The number of para-hydroxylation sites is 1. The number of carboxylic acid groups (broad SMARTS) is 1. The second-order valence-electron chi connectivity index (χ2n) is 8.41. The summed E-state index contributed by atoms with van der Waals surface area (Å²) in [5.74, 6) is -1.00. The first-order chi connectivity index (χ1) is 19.5. The molecule has 0 bridgehead atoms. The van der Waals surface area contributed by atoms with E-state index in [1.54, 1.807) is 54.9 Å². The molecule has 2 heterocycles. The number of pyridine rings is 1. The van der Waals surface area contributed by atoms with E-state index in [2.05, 4.69) is 26.0 Å². The van der Waals surface area contributed by atoms with Crippen LogP contribution in [0.3, 0.4) is 0 Å². The maximum absolute atomic E-state index is 12.8. The Balaban J connectivity index is 0.00000387. The third-order valence-corrected chi connectivity index (χ3v) is 6.42. The molecule has 0 saturated heterocycles. The first-order valence-corrected chi connectivity index (χ1v) is 12.9. The fraction of sp³-hybridized carbons (Fsp3) is 0. The summed E-state index contributed by atoms with van der Waals surface area (Å²) in [5, 5.41) is 18.9. The highest BCUT2D eigenvalue weighted by atomic mass is 32.1. The highest BCUT2D eigenvalue weighted by Gasteiger charge is 2.18. The molecule has 0 aliphatic heterocycles.